The van der Waals surface area contributed by atoms with Gasteiger partial charge in [-0.1, -0.05) is 27.7 Å². The summed E-state index contributed by atoms with van der Waals surface area (Å²) >= 11 is 0. The van der Waals surface area contributed by atoms with Gasteiger partial charge in [0.1, 0.15) is 5.41 Å². The maximum Gasteiger partial charge on any atom is 0.407 e. The molecule has 0 aromatic rings. The number of carbonyl (C=O) groups is 3. The van der Waals surface area contributed by atoms with Crippen LogP contribution in [0.2, 0.25) is 18.1 Å². The second-order valence-electron chi connectivity index (χ2n) is 8.00. The maximum absolute atomic E-state index is 12.4. The van der Waals surface area contributed by atoms with Crippen molar-refractivity contribution in [2.24, 2.45) is 5.41 Å². The Hall–Kier alpha value is -1.41. The van der Waals surface area contributed by atoms with Gasteiger partial charge in [-0.3, -0.25) is 9.59 Å². The third-order valence-corrected chi connectivity index (χ3v) is 10.0. The number of carbonyl (C=O) groups excluding carboxylic acids is 1. The first-order chi connectivity index (χ1) is 10.8. The van der Waals surface area contributed by atoms with Crippen molar-refractivity contribution in [1.82, 2.24) is 4.90 Å². The number of hydrogen-bond acceptors (Lipinski definition) is 4. The van der Waals surface area contributed by atoms with Crippen LogP contribution < -0.4 is 0 Å². The molecule has 1 aliphatic heterocycles. The molecule has 1 rings (SSSR count). The Bertz CT molecular complexity index is 527. The fourth-order valence-corrected chi connectivity index (χ4v) is 3.61. The van der Waals surface area contributed by atoms with Crippen molar-refractivity contribution in [3.05, 3.63) is 0 Å². The van der Waals surface area contributed by atoms with E-state index < -0.39 is 37.6 Å². The van der Waals surface area contributed by atoms with Crippen molar-refractivity contribution in [2.75, 3.05) is 13.2 Å². The molecule has 0 aliphatic carbocycles. The van der Waals surface area contributed by atoms with Gasteiger partial charge in [-0.05, 0) is 24.6 Å². The first kappa shape index (κ1) is 20.6. The van der Waals surface area contributed by atoms with Gasteiger partial charge in [0.15, 0.2) is 14.1 Å². The number of carboxylic acid groups (broad SMARTS) is 2. The van der Waals surface area contributed by atoms with Crippen LogP contribution in [0.25, 0.3) is 0 Å². The number of ketones is 1. The fourth-order valence-electron chi connectivity index (χ4n) is 2.57. The summed E-state index contributed by atoms with van der Waals surface area (Å²) < 4.78 is 6.06. The van der Waals surface area contributed by atoms with Crippen molar-refractivity contribution < 1.29 is 29.0 Å². The van der Waals surface area contributed by atoms with Crippen LogP contribution >= 0.6 is 0 Å². The summed E-state index contributed by atoms with van der Waals surface area (Å²) in [6.45, 7) is 11.7. The van der Waals surface area contributed by atoms with E-state index in [0.717, 1.165) is 4.90 Å². The van der Waals surface area contributed by atoms with Crippen molar-refractivity contribution in [1.29, 1.82) is 0 Å². The highest BCUT2D eigenvalue weighted by atomic mass is 28.4. The first-order valence-corrected chi connectivity index (χ1v) is 11.1. The maximum atomic E-state index is 12.4. The van der Waals surface area contributed by atoms with Gasteiger partial charge in [0.25, 0.3) is 0 Å². The zero-order valence-corrected chi connectivity index (χ0v) is 16.4. The van der Waals surface area contributed by atoms with Crippen LogP contribution in [-0.4, -0.2) is 60.5 Å². The summed E-state index contributed by atoms with van der Waals surface area (Å²) in [4.78, 5) is 36.7. The molecule has 1 aliphatic rings. The van der Waals surface area contributed by atoms with Crippen molar-refractivity contribution >= 4 is 26.2 Å². The van der Waals surface area contributed by atoms with E-state index in [0.29, 0.717) is 0 Å². The molecule has 0 aromatic heterocycles. The van der Waals surface area contributed by atoms with Gasteiger partial charge >= 0.3 is 12.1 Å². The second kappa shape index (κ2) is 6.83. The number of amides is 1. The lowest BCUT2D eigenvalue weighted by Gasteiger charge is -2.44. The Morgan fingerprint density at radius 2 is 1.88 bits per heavy atom. The van der Waals surface area contributed by atoms with E-state index in [1.807, 2.05) is 0 Å². The molecule has 1 heterocycles. The summed E-state index contributed by atoms with van der Waals surface area (Å²) in [6.07, 6.45) is -1.27. The van der Waals surface area contributed by atoms with Gasteiger partial charge in [0.05, 0.1) is 12.6 Å². The average molecular weight is 359 g/mol. The van der Waals surface area contributed by atoms with E-state index in [4.69, 9.17) is 4.43 Å². The topological polar surface area (TPSA) is 104 Å². The number of carboxylic acids is 1. The van der Waals surface area contributed by atoms with Crippen LogP contribution in [0.3, 0.4) is 0 Å². The van der Waals surface area contributed by atoms with Gasteiger partial charge < -0.3 is 19.5 Å². The SMILES string of the molecule is CCC1(C(=O)O)CN(C(=O)O)C(CO[Si](C)(C)C(C)(C)C)CC1=O. The molecule has 0 spiro atoms. The van der Waals surface area contributed by atoms with Crippen molar-refractivity contribution in [3.63, 3.8) is 0 Å². The summed E-state index contributed by atoms with van der Waals surface area (Å²) in [5, 5.41) is 18.9. The minimum absolute atomic E-state index is 0.0338. The Balaban J connectivity index is 3.00. The standard InChI is InChI=1S/C16H29NO6Si/c1-7-16(13(19)20)10-17(14(21)22)11(8-12(16)18)9-23-24(5,6)15(2,3)4/h11H,7-10H2,1-6H3,(H,19,20)(H,21,22). The molecule has 0 radical (unpaired) electrons. The van der Waals surface area contributed by atoms with E-state index in [2.05, 4.69) is 33.9 Å². The highest BCUT2D eigenvalue weighted by Gasteiger charge is 2.52. The van der Waals surface area contributed by atoms with E-state index >= 15 is 0 Å². The lowest BCUT2D eigenvalue weighted by atomic mass is 9.74. The molecule has 2 atom stereocenters. The highest BCUT2D eigenvalue weighted by molar-refractivity contribution is 6.74. The molecule has 0 aromatic carbocycles. The molecule has 138 valence electrons. The van der Waals surface area contributed by atoms with Crippen molar-refractivity contribution in [3.8, 4) is 0 Å². The average Bonchev–Trinajstić information content (AvgIpc) is 2.43. The van der Waals surface area contributed by atoms with Crippen LogP contribution in [0.1, 0.15) is 40.5 Å². The van der Waals surface area contributed by atoms with E-state index in [1.54, 1.807) is 6.92 Å². The van der Waals surface area contributed by atoms with E-state index in [1.165, 1.54) is 0 Å². The molecule has 2 N–H and O–H groups in total. The number of nitrogens with zero attached hydrogens (tertiary/aromatic N) is 1. The lowest BCUT2D eigenvalue weighted by Crippen LogP contribution is -2.60. The Morgan fingerprint density at radius 1 is 1.33 bits per heavy atom. The van der Waals surface area contributed by atoms with E-state index in [-0.39, 0.29) is 31.0 Å². The number of hydrogen-bond donors (Lipinski definition) is 2. The van der Waals surface area contributed by atoms with Crippen LogP contribution in [0.5, 0.6) is 0 Å². The van der Waals surface area contributed by atoms with Crippen molar-refractivity contribution in [2.45, 2.75) is 64.7 Å². The van der Waals surface area contributed by atoms with Crippen LogP contribution in [-0.2, 0) is 14.0 Å². The van der Waals surface area contributed by atoms with E-state index in [9.17, 15) is 24.6 Å². The van der Waals surface area contributed by atoms with Gasteiger partial charge in [-0.2, -0.15) is 0 Å². The van der Waals surface area contributed by atoms with Gasteiger partial charge in [-0.15, -0.1) is 0 Å². The quantitative estimate of drug-likeness (QED) is 0.578. The first-order valence-electron chi connectivity index (χ1n) is 8.18. The molecule has 2 unspecified atom stereocenters. The molecule has 1 saturated heterocycles. The molecule has 8 heteroatoms. The Morgan fingerprint density at radius 3 is 2.25 bits per heavy atom. The molecule has 24 heavy (non-hydrogen) atoms. The van der Waals surface area contributed by atoms with Crippen LogP contribution in [0.15, 0.2) is 0 Å². The van der Waals surface area contributed by atoms with Gasteiger partial charge in [-0.25, -0.2) is 4.79 Å². The smallest absolute Gasteiger partial charge is 0.407 e. The summed E-state index contributed by atoms with van der Waals surface area (Å²) in [7, 11) is -2.09. The number of Topliss-reactive ketones (excluding diaryl/α,β-unsaturated/α-hetero) is 1. The third kappa shape index (κ3) is 3.80. The third-order valence-electron chi connectivity index (χ3n) is 5.54. The van der Waals surface area contributed by atoms with Crippen LogP contribution in [0, 0.1) is 5.41 Å². The Kier molecular flexibility index (Phi) is 5.88. The number of aliphatic carboxylic acids is 1. The fraction of sp³-hybridized carbons (Fsp3) is 0.812. The molecule has 1 fully saturated rings. The largest absolute Gasteiger partial charge is 0.480 e. The monoisotopic (exact) mass is 359 g/mol. The molecular formula is C16H29NO6Si. The predicted octanol–water partition coefficient (Wildman–Crippen LogP) is 2.81. The summed E-state index contributed by atoms with van der Waals surface area (Å²) in [6, 6.07) is -0.636. The summed E-state index contributed by atoms with van der Waals surface area (Å²) in [5.41, 5.74) is -1.65. The molecule has 7 nitrogen and oxygen atoms in total. The minimum atomic E-state index is -2.09. The molecule has 1 amide bonds. The van der Waals surface area contributed by atoms with Crippen LogP contribution in [0.4, 0.5) is 4.79 Å². The molecule has 0 bridgehead atoms. The van der Waals surface area contributed by atoms with Gasteiger partial charge in [0.2, 0.25) is 0 Å². The van der Waals surface area contributed by atoms with Gasteiger partial charge in [0, 0.05) is 13.0 Å². The normalized spacial score (nSPS) is 25.7. The second-order valence-corrected chi connectivity index (χ2v) is 12.8. The molecular weight excluding hydrogens is 330 g/mol. The zero-order valence-electron chi connectivity index (χ0n) is 15.4. The zero-order chi connectivity index (χ0) is 18.9. The molecule has 0 saturated carbocycles. The minimum Gasteiger partial charge on any atom is -0.480 e. The number of rotatable bonds is 5. The summed E-state index contributed by atoms with van der Waals surface area (Å²) in [5.74, 6) is -1.68. The number of likely N-dealkylation sites (tertiary alicyclic amines) is 1. The lowest BCUT2D eigenvalue weighted by molar-refractivity contribution is -0.160. The number of piperidine rings is 1. The predicted molar refractivity (Wildman–Crippen MR) is 91.7 cm³/mol. The highest BCUT2D eigenvalue weighted by Crippen LogP contribution is 2.38. The Labute approximate surface area is 144 Å².